The van der Waals surface area contributed by atoms with Crippen LogP contribution < -0.4 is 10.1 Å². The number of nitrogens with one attached hydrogen (secondary N) is 1. The fraction of sp³-hybridized carbons (Fsp3) is 0.176. The van der Waals surface area contributed by atoms with Crippen LogP contribution in [0.4, 0.5) is 0 Å². The van der Waals surface area contributed by atoms with Crippen molar-refractivity contribution in [3.63, 3.8) is 0 Å². The third-order valence-electron chi connectivity index (χ3n) is 2.89. The molecule has 0 saturated carbocycles. The van der Waals surface area contributed by atoms with Crippen molar-refractivity contribution in [2.45, 2.75) is 13.2 Å². The third-order valence-corrected chi connectivity index (χ3v) is 3.26. The van der Waals surface area contributed by atoms with E-state index in [4.69, 9.17) is 16.3 Å². The molecule has 0 aliphatic carbocycles. The molecule has 0 aromatic heterocycles. The smallest absolute Gasteiger partial charge is 0.119 e. The number of hydrogen-bond donors (Lipinski definition) is 1. The minimum absolute atomic E-state index is 0.480. The van der Waals surface area contributed by atoms with E-state index in [1.165, 1.54) is 5.56 Å². The summed E-state index contributed by atoms with van der Waals surface area (Å²) in [6.07, 6.45) is 1.85. The van der Waals surface area contributed by atoms with Crippen LogP contribution in [0.25, 0.3) is 0 Å². The van der Waals surface area contributed by atoms with E-state index in [2.05, 4.69) is 24.0 Å². The van der Waals surface area contributed by atoms with Gasteiger partial charge in [0, 0.05) is 23.7 Å². The largest absolute Gasteiger partial charge is 0.489 e. The van der Waals surface area contributed by atoms with E-state index in [0.29, 0.717) is 6.61 Å². The summed E-state index contributed by atoms with van der Waals surface area (Å²) >= 11 is 6.09. The van der Waals surface area contributed by atoms with E-state index in [1.807, 2.05) is 42.5 Å². The standard InChI is InChI=1S/C17H18ClNO/c1-2-11-19-12-14-7-9-16(10-8-14)20-13-15-5-3-4-6-17(15)18/h2-10,19H,1,11-13H2. The molecular weight excluding hydrogens is 270 g/mol. The van der Waals surface area contributed by atoms with Crippen LogP contribution in [0, 0.1) is 0 Å². The van der Waals surface area contributed by atoms with Gasteiger partial charge in [0.15, 0.2) is 0 Å². The highest BCUT2D eigenvalue weighted by Gasteiger charge is 2.00. The van der Waals surface area contributed by atoms with Gasteiger partial charge in [0.1, 0.15) is 12.4 Å². The molecule has 0 radical (unpaired) electrons. The fourth-order valence-corrected chi connectivity index (χ4v) is 1.99. The van der Waals surface area contributed by atoms with Gasteiger partial charge in [-0.1, -0.05) is 48.0 Å². The normalized spacial score (nSPS) is 10.2. The topological polar surface area (TPSA) is 21.3 Å². The summed E-state index contributed by atoms with van der Waals surface area (Å²) in [5.74, 6) is 0.845. The first-order chi connectivity index (χ1) is 9.79. The van der Waals surface area contributed by atoms with Crippen molar-refractivity contribution in [3.05, 3.63) is 77.3 Å². The Hall–Kier alpha value is -1.77. The highest BCUT2D eigenvalue weighted by Crippen LogP contribution is 2.18. The summed E-state index contributed by atoms with van der Waals surface area (Å²) < 4.78 is 5.73. The molecule has 0 fully saturated rings. The summed E-state index contributed by atoms with van der Waals surface area (Å²) in [6.45, 7) is 5.79. The third kappa shape index (κ3) is 4.41. The van der Waals surface area contributed by atoms with E-state index in [-0.39, 0.29) is 0 Å². The average Bonchev–Trinajstić information content (AvgIpc) is 2.48. The zero-order chi connectivity index (χ0) is 14.2. The lowest BCUT2D eigenvalue weighted by Crippen LogP contribution is -2.12. The summed E-state index contributed by atoms with van der Waals surface area (Å²) in [5, 5.41) is 3.99. The maximum Gasteiger partial charge on any atom is 0.119 e. The molecule has 2 nitrogen and oxygen atoms in total. The zero-order valence-electron chi connectivity index (χ0n) is 11.3. The lowest BCUT2D eigenvalue weighted by Gasteiger charge is -2.08. The van der Waals surface area contributed by atoms with Crippen LogP contribution in [-0.2, 0) is 13.2 Å². The Kier molecular flexibility index (Phi) is 5.66. The first-order valence-corrected chi connectivity index (χ1v) is 6.94. The molecule has 0 atom stereocenters. The van der Waals surface area contributed by atoms with Gasteiger partial charge in [0.2, 0.25) is 0 Å². The number of ether oxygens (including phenoxy) is 1. The van der Waals surface area contributed by atoms with Gasteiger partial charge < -0.3 is 10.1 Å². The molecule has 3 heteroatoms. The lowest BCUT2D eigenvalue weighted by molar-refractivity contribution is 0.306. The van der Waals surface area contributed by atoms with Gasteiger partial charge in [-0.3, -0.25) is 0 Å². The Labute approximate surface area is 125 Å². The predicted octanol–water partition coefficient (Wildman–Crippen LogP) is 4.19. The Balaban J connectivity index is 1.87. The Morgan fingerprint density at radius 2 is 1.85 bits per heavy atom. The Morgan fingerprint density at radius 3 is 2.55 bits per heavy atom. The van der Waals surface area contributed by atoms with Gasteiger partial charge in [0.05, 0.1) is 0 Å². The molecule has 0 unspecified atom stereocenters. The van der Waals surface area contributed by atoms with Gasteiger partial charge in [-0.25, -0.2) is 0 Å². The van der Waals surface area contributed by atoms with Crippen molar-refractivity contribution in [2.24, 2.45) is 0 Å². The van der Waals surface area contributed by atoms with E-state index >= 15 is 0 Å². The number of halogens is 1. The van der Waals surface area contributed by atoms with Crippen LogP contribution in [0.15, 0.2) is 61.2 Å². The van der Waals surface area contributed by atoms with E-state index in [1.54, 1.807) is 0 Å². The predicted molar refractivity (Wildman–Crippen MR) is 84.1 cm³/mol. The van der Waals surface area contributed by atoms with Crippen molar-refractivity contribution >= 4 is 11.6 Å². The molecule has 0 bridgehead atoms. The van der Waals surface area contributed by atoms with E-state index in [9.17, 15) is 0 Å². The minimum atomic E-state index is 0.480. The van der Waals surface area contributed by atoms with E-state index < -0.39 is 0 Å². The number of benzene rings is 2. The first-order valence-electron chi connectivity index (χ1n) is 6.56. The first kappa shape index (κ1) is 14.6. The maximum atomic E-state index is 6.09. The molecule has 1 N–H and O–H groups in total. The maximum absolute atomic E-state index is 6.09. The summed E-state index contributed by atoms with van der Waals surface area (Å²) in [4.78, 5) is 0. The molecule has 0 aliphatic heterocycles. The number of hydrogen-bond acceptors (Lipinski definition) is 2. The van der Waals surface area contributed by atoms with Crippen LogP contribution in [0.1, 0.15) is 11.1 Å². The van der Waals surface area contributed by atoms with Crippen molar-refractivity contribution in [1.82, 2.24) is 5.32 Å². The molecule has 0 saturated heterocycles. The van der Waals surface area contributed by atoms with Crippen LogP contribution in [0.2, 0.25) is 5.02 Å². The highest BCUT2D eigenvalue weighted by molar-refractivity contribution is 6.31. The quantitative estimate of drug-likeness (QED) is 0.609. The lowest BCUT2D eigenvalue weighted by atomic mass is 10.2. The van der Waals surface area contributed by atoms with E-state index in [0.717, 1.165) is 29.4 Å². The molecule has 0 spiro atoms. The van der Waals surface area contributed by atoms with Crippen LogP contribution in [0.5, 0.6) is 5.75 Å². The second-order valence-corrected chi connectivity index (χ2v) is 4.85. The van der Waals surface area contributed by atoms with Crippen molar-refractivity contribution in [3.8, 4) is 5.75 Å². The van der Waals surface area contributed by atoms with Gasteiger partial charge in [-0.05, 0) is 23.8 Å². The SMILES string of the molecule is C=CCNCc1ccc(OCc2ccccc2Cl)cc1. The molecule has 0 heterocycles. The van der Waals surface area contributed by atoms with Gasteiger partial charge >= 0.3 is 0 Å². The molecule has 20 heavy (non-hydrogen) atoms. The highest BCUT2D eigenvalue weighted by atomic mass is 35.5. The van der Waals surface area contributed by atoms with Crippen LogP contribution in [0.3, 0.4) is 0 Å². The zero-order valence-corrected chi connectivity index (χ0v) is 12.1. The molecule has 2 aromatic carbocycles. The van der Waals surface area contributed by atoms with Crippen molar-refractivity contribution in [1.29, 1.82) is 0 Å². The molecule has 2 aromatic rings. The minimum Gasteiger partial charge on any atom is -0.489 e. The second kappa shape index (κ2) is 7.73. The van der Waals surface area contributed by atoms with Crippen molar-refractivity contribution in [2.75, 3.05) is 6.54 Å². The molecular formula is C17H18ClNO. The average molecular weight is 288 g/mol. The summed E-state index contributed by atoms with van der Waals surface area (Å²) in [6, 6.07) is 15.8. The van der Waals surface area contributed by atoms with Crippen LogP contribution in [-0.4, -0.2) is 6.54 Å². The Bertz CT molecular complexity index is 551. The monoisotopic (exact) mass is 287 g/mol. The summed E-state index contributed by atoms with van der Waals surface area (Å²) in [7, 11) is 0. The fourth-order valence-electron chi connectivity index (χ4n) is 1.80. The second-order valence-electron chi connectivity index (χ2n) is 4.44. The molecule has 0 amide bonds. The number of rotatable bonds is 7. The van der Waals surface area contributed by atoms with Crippen LogP contribution >= 0.6 is 11.6 Å². The molecule has 0 aliphatic rings. The Morgan fingerprint density at radius 1 is 1.10 bits per heavy atom. The van der Waals surface area contributed by atoms with Gasteiger partial charge in [0.25, 0.3) is 0 Å². The van der Waals surface area contributed by atoms with Gasteiger partial charge in [-0.2, -0.15) is 0 Å². The molecule has 2 rings (SSSR count). The van der Waals surface area contributed by atoms with Gasteiger partial charge in [-0.15, -0.1) is 6.58 Å². The molecule has 104 valence electrons. The summed E-state index contributed by atoms with van der Waals surface area (Å²) in [5.41, 5.74) is 2.21. The van der Waals surface area contributed by atoms with Crippen molar-refractivity contribution < 1.29 is 4.74 Å².